The molecule has 3 rings (SSSR count). The van der Waals surface area contributed by atoms with Crippen molar-refractivity contribution in [3.8, 4) is 0 Å². The third kappa shape index (κ3) is 3.11. The van der Waals surface area contributed by atoms with Crippen molar-refractivity contribution in [3.05, 3.63) is 35.4 Å². The lowest BCUT2D eigenvalue weighted by Gasteiger charge is -2.48. The standard InChI is InChI=1S/C16H18F2N2O4/c17-11-5-10(6-12(18)7-11)13-8-19-16(1-3-24-4-2-16)15(23)20(13)9-14(21)22/h5-7,13,19H,1-4,8-9H2,(H,21,22)/t13-/m0/s1. The van der Waals surface area contributed by atoms with Crippen LogP contribution in [0.25, 0.3) is 0 Å². The maximum atomic E-state index is 13.5. The van der Waals surface area contributed by atoms with Gasteiger partial charge < -0.3 is 20.1 Å². The molecule has 2 N–H and O–H groups in total. The van der Waals surface area contributed by atoms with Crippen LogP contribution < -0.4 is 5.32 Å². The van der Waals surface area contributed by atoms with Gasteiger partial charge in [0.2, 0.25) is 5.91 Å². The number of carboxylic acids is 1. The van der Waals surface area contributed by atoms with Crippen molar-refractivity contribution < 1.29 is 28.2 Å². The van der Waals surface area contributed by atoms with Gasteiger partial charge in [-0.3, -0.25) is 9.59 Å². The van der Waals surface area contributed by atoms with E-state index < -0.39 is 35.7 Å². The third-order valence-electron chi connectivity index (χ3n) is 4.60. The minimum atomic E-state index is -1.17. The van der Waals surface area contributed by atoms with Crippen molar-refractivity contribution in [2.75, 3.05) is 26.3 Å². The van der Waals surface area contributed by atoms with Gasteiger partial charge in [0.25, 0.3) is 0 Å². The molecule has 0 unspecified atom stereocenters. The van der Waals surface area contributed by atoms with Crippen LogP contribution in [-0.2, 0) is 14.3 Å². The molecule has 2 saturated heterocycles. The quantitative estimate of drug-likeness (QED) is 0.861. The lowest BCUT2D eigenvalue weighted by atomic mass is 9.84. The molecule has 1 aromatic rings. The Morgan fingerprint density at radius 2 is 1.92 bits per heavy atom. The highest BCUT2D eigenvalue weighted by Gasteiger charge is 2.48. The van der Waals surface area contributed by atoms with Crippen molar-refractivity contribution in [1.82, 2.24) is 10.2 Å². The largest absolute Gasteiger partial charge is 0.480 e. The number of halogens is 2. The number of hydrogen-bond acceptors (Lipinski definition) is 4. The van der Waals surface area contributed by atoms with Crippen molar-refractivity contribution in [2.24, 2.45) is 0 Å². The number of nitrogens with zero attached hydrogens (tertiary/aromatic N) is 1. The number of nitrogens with one attached hydrogen (secondary N) is 1. The number of carboxylic acid groups (broad SMARTS) is 1. The zero-order valence-electron chi connectivity index (χ0n) is 12.9. The topological polar surface area (TPSA) is 78.9 Å². The molecule has 2 heterocycles. The molecule has 0 saturated carbocycles. The van der Waals surface area contributed by atoms with E-state index in [1.807, 2.05) is 0 Å². The summed E-state index contributed by atoms with van der Waals surface area (Å²) in [6, 6.07) is 2.24. The number of piperazine rings is 1. The summed E-state index contributed by atoms with van der Waals surface area (Å²) in [6.45, 7) is 0.506. The van der Waals surface area contributed by atoms with E-state index in [-0.39, 0.29) is 18.0 Å². The summed E-state index contributed by atoms with van der Waals surface area (Å²) in [6.07, 6.45) is 0.873. The van der Waals surface area contributed by atoms with Gasteiger partial charge in [-0.05, 0) is 30.5 Å². The second-order valence-electron chi connectivity index (χ2n) is 6.12. The van der Waals surface area contributed by atoms with E-state index in [0.29, 0.717) is 26.1 Å². The normalized spacial score (nSPS) is 23.5. The van der Waals surface area contributed by atoms with Gasteiger partial charge in [0.1, 0.15) is 23.7 Å². The molecule has 0 radical (unpaired) electrons. The van der Waals surface area contributed by atoms with Gasteiger partial charge in [-0.25, -0.2) is 8.78 Å². The molecule has 8 heteroatoms. The fraction of sp³-hybridized carbons (Fsp3) is 0.500. The molecule has 1 atom stereocenters. The van der Waals surface area contributed by atoms with E-state index in [1.54, 1.807) is 0 Å². The van der Waals surface area contributed by atoms with E-state index in [4.69, 9.17) is 9.84 Å². The van der Waals surface area contributed by atoms with Crippen LogP contribution in [0.3, 0.4) is 0 Å². The van der Waals surface area contributed by atoms with Crippen molar-refractivity contribution in [1.29, 1.82) is 0 Å². The molecular formula is C16H18F2N2O4. The summed E-state index contributed by atoms with van der Waals surface area (Å²) in [5.41, 5.74) is -0.632. The van der Waals surface area contributed by atoms with E-state index in [1.165, 1.54) is 4.90 Å². The van der Waals surface area contributed by atoms with Crippen LogP contribution in [0.2, 0.25) is 0 Å². The fourth-order valence-electron chi connectivity index (χ4n) is 3.40. The number of carbonyl (C=O) groups is 2. The highest BCUT2D eigenvalue weighted by Crippen LogP contribution is 2.33. The SMILES string of the molecule is O=C(O)CN1C(=O)C2(CCOCC2)NC[C@H]1c1cc(F)cc(F)c1. The Morgan fingerprint density at radius 3 is 2.50 bits per heavy atom. The monoisotopic (exact) mass is 340 g/mol. The molecule has 24 heavy (non-hydrogen) atoms. The first-order chi connectivity index (χ1) is 11.4. The number of amides is 1. The minimum Gasteiger partial charge on any atom is -0.480 e. The van der Waals surface area contributed by atoms with Gasteiger partial charge >= 0.3 is 5.97 Å². The number of carbonyl (C=O) groups excluding carboxylic acids is 1. The van der Waals surface area contributed by atoms with Crippen LogP contribution in [0, 0.1) is 11.6 Å². The highest BCUT2D eigenvalue weighted by molar-refractivity contribution is 5.90. The molecule has 2 aliphatic heterocycles. The van der Waals surface area contributed by atoms with Gasteiger partial charge in [-0.1, -0.05) is 0 Å². The summed E-state index contributed by atoms with van der Waals surface area (Å²) in [5, 5.41) is 12.3. The van der Waals surface area contributed by atoms with E-state index in [0.717, 1.165) is 18.2 Å². The summed E-state index contributed by atoms with van der Waals surface area (Å²) in [7, 11) is 0. The van der Waals surface area contributed by atoms with Gasteiger partial charge in [0.15, 0.2) is 0 Å². The Bertz CT molecular complexity index is 641. The molecule has 0 aromatic heterocycles. The molecule has 2 aliphatic rings. The van der Waals surface area contributed by atoms with Crippen LogP contribution in [0.15, 0.2) is 18.2 Å². The molecule has 6 nitrogen and oxygen atoms in total. The maximum absolute atomic E-state index is 13.5. The second kappa shape index (κ2) is 6.45. The third-order valence-corrected chi connectivity index (χ3v) is 4.60. The second-order valence-corrected chi connectivity index (χ2v) is 6.12. The predicted octanol–water partition coefficient (Wildman–Crippen LogP) is 1.07. The fourth-order valence-corrected chi connectivity index (χ4v) is 3.40. The van der Waals surface area contributed by atoms with Crippen LogP contribution in [0.5, 0.6) is 0 Å². The summed E-state index contributed by atoms with van der Waals surface area (Å²) in [4.78, 5) is 25.3. The minimum absolute atomic E-state index is 0.224. The van der Waals surface area contributed by atoms with E-state index in [2.05, 4.69) is 5.32 Å². The molecule has 0 bridgehead atoms. The van der Waals surface area contributed by atoms with Crippen LogP contribution >= 0.6 is 0 Å². The first-order valence-electron chi connectivity index (χ1n) is 7.73. The number of hydrogen-bond donors (Lipinski definition) is 2. The number of aliphatic carboxylic acids is 1. The smallest absolute Gasteiger partial charge is 0.323 e. The van der Waals surface area contributed by atoms with E-state index >= 15 is 0 Å². The average molecular weight is 340 g/mol. The molecule has 1 spiro atoms. The van der Waals surface area contributed by atoms with Crippen LogP contribution in [0.4, 0.5) is 8.78 Å². The summed E-state index contributed by atoms with van der Waals surface area (Å²) in [5.74, 6) is -3.07. The predicted molar refractivity (Wildman–Crippen MR) is 79.2 cm³/mol. The zero-order chi connectivity index (χ0) is 17.3. The lowest BCUT2D eigenvalue weighted by Crippen LogP contribution is -2.67. The number of benzene rings is 1. The number of rotatable bonds is 3. The molecule has 130 valence electrons. The Morgan fingerprint density at radius 1 is 1.29 bits per heavy atom. The average Bonchev–Trinajstić information content (AvgIpc) is 2.52. The molecule has 2 fully saturated rings. The van der Waals surface area contributed by atoms with Crippen molar-refractivity contribution in [3.63, 3.8) is 0 Å². The lowest BCUT2D eigenvalue weighted by molar-refractivity contribution is -0.156. The van der Waals surface area contributed by atoms with Crippen molar-refractivity contribution >= 4 is 11.9 Å². The Labute approximate surface area is 137 Å². The molecule has 1 amide bonds. The number of ether oxygens (including phenoxy) is 1. The van der Waals surface area contributed by atoms with Crippen LogP contribution in [0.1, 0.15) is 24.4 Å². The first kappa shape index (κ1) is 16.8. The van der Waals surface area contributed by atoms with Gasteiger partial charge in [-0.15, -0.1) is 0 Å². The van der Waals surface area contributed by atoms with Crippen molar-refractivity contribution in [2.45, 2.75) is 24.4 Å². The Hall–Kier alpha value is -2.06. The Kier molecular flexibility index (Phi) is 4.51. The zero-order valence-corrected chi connectivity index (χ0v) is 12.9. The van der Waals surface area contributed by atoms with E-state index in [9.17, 15) is 18.4 Å². The summed E-state index contributed by atoms with van der Waals surface area (Å²) >= 11 is 0. The van der Waals surface area contributed by atoms with Gasteiger partial charge in [0, 0.05) is 25.8 Å². The van der Waals surface area contributed by atoms with Crippen LogP contribution in [-0.4, -0.2) is 53.7 Å². The maximum Gasteiger partial charge on any atom is 0.323 e. The highest BCUT2D eigenvalue weighted by atomic mass is 19.1. The molecule has 0 aliphatic carbocycles. The summed E-state index contributed by atoms with van der Waals surface area (Å²) < 4.78 is 32.3. The first-order valence-corrected chi connectivity index (χ1v) is 7.73. The van der Waals surface area contributed by atoms with Gasteiger partial charge in [-0.2, -0.15) is 0 Å². The molecule has 1 aromatic carbocycles. The molecular weight excluding hydrogens is 322 g/mol. The van der Waals surface area contributed by atoms with Gasteiger partial charge in [0.05, 0.1) is 6.04 Å². The Balaban J connectivity index is 1.94.